The molecule has 0 atom stereocenters. The molecule has 0 bridgehead atoms. The van der Waals surface area contributed by atoms with Crippen molar-refractivity contribution in [2.75, 3.05) is 6.61 Å². The van der Waals surface area contributed by atoms with Gasteiger partial charge in [0.15, 0.2) is 0 Å². The highest BCUT2D eigenvalue weighted by Gasteiger charge is 2.40. The summed E-state index contributed by atoms with van der Waals surface area (Å²) in [6, 6.07) is 8.06. The van der Waals surface area contributed by atoms with Crippen molar-refractivity contribution in [2.45, 2.75) is 38.7 Å². The molecule has 0 fully saturated rings. The van der Waals surface area contributed by atoms with Gasteiger partial charge in [-0.25, -0.2) is 0 Å². The number of hydrogen-bond acceptors (Lipinski definition) is 4. The minimum atomic E-state index is -0.565. The first-order valence-electron chi connectivity index (χ1n) is 6.40. The molecule has 0 amide bonds. The smallest absolute Gasteiger partial charge is 0.303 e. The summed E-state index contributed by atoms with van der Waals surface area (Å²) in [5.41, 5.74) is 1.84. The number of carbonyl (C=O) groups excluding carboxylic acids is 2. The number of rotatable bonds is 4. The zero-order valence-corrected chi connectivity index (χ0v) is 11.3. The Labute approximate surface area is 112 Å². The standard InChI is InChI=1S/C15H18O4/c1-11(16)18-8-7-15(19-12(2)17)9-13-5-3-4-6-14(13)10-15/h3-6H,7-10H2,1-2H3. The molecule has 4 nitrogen and oxygen atoms in total. The number of benzene rings is 1. The van der Waals surface area contributed by atoms with Gasteiger partial charge < -0.3 is 9.47 Å². The van der Waals surface area contributed by atoms with Gasteiger partial charge in [0.05, 0.1) is 6.61 Å². The molecule has 0 N–H and O–H groups in total. The molecule has 0 unspecified atom stereocenters. The fraction of sp³-hybridized carbons (Fsp3) is 0.467. The first-order valence-corrected chi connectivity index (χ1v) is 6.40. The average Bonchev–Trinajstić information content (AvgIpc) is 2.65. The van der Waals surface area contributed by atoms with E-state index in [1.807, 2.05) is 24.3 Å². The Kier molecular flexibility index (Phi) is 3.88. The lowest BCUT2D eigenvalue weighted by Crippen LogP contribution is -2.37. The lowest BCUT2D eigenvalue weighted by molar-refractivity contribution is -0.159. The lowest BCUT2D eigenvalue weighted by Gasteiger charge is -2.28. The fourth-order valence-corrected chi connectivity index (χ4v) is 2.64. The zero-order chi connectivity index (χ0) is 13.9. The molecule has 0 radical (unpaired) electrons. The van der Waals surface area contributed by atoms with Gasteiger partial charge in [-0.2, -0.15) is 0 Å². The molecule has 0 saturated carbocycles. The quantitative estimate of drug-likeness (QED) is 0.779. The summed E-state index contributed by atoms with van der Waals surface area (Å²) in [4.78, 5) is 22.2. The Morgan fingerprint density at radius 1 is 1.11 bits per heavy atom. The minimum absolute atomic E-state index is 0.274. The van der Waals surface area contributed by atoms with Crippen molar-refractivity contribution >= 4 is 11.9 Å². The van der Waals surface area contributed by atoms with E-state index in [9.17, 15) is 9.59 Å². The lowest BCUT2D eigenvalue weighted by atomic mass is 9.96. The maximum Gasteiger partial charge on any atom is 0.303 e. The second kappa shape index (κ2) is 5.43. The maximum atomic E-state index is 11.3. The number of fused-ring (bicyclic) bond motifs is 1. The monoisotopic (exact) mass is 262 g/mol. The molecule has 1 aromatic rings. The van der Waals surface area contributed by atoms with Crippen LogP contribution in [0.15, 0.2) is 24.3 Å². The Morgan fingerprint density at radius 2 is 1.68 bits per heavy atom. The topological polar surface area (TPSA) is 52.6 Å². The Hall–Kier alpha value is -1.84. The van der Waals surface area contributed by atoms with Gasteiger partial charge in [0.1, 0.15) is 5.60 Å². The molecule has 4 heteroatoms. The molecule has 0 aliphatic heterocycles. The third-order valence-corrected chi connectivity index (χ3v) is 3.37. The Balaban J connectivity index is 2.10. The molecular weight excluding hydrogens is 244 g/mol. The fourth-order valence-electron chi connectivity index (χ4n) is 2.64. The summed E-state index contributed by atoms with van der Waals surface area (Å²) in [6.45, 7) is 3.06. The van der Waals surface area contributed by atoms with Gasteiger partial charge in [0, 0.05) is 33.1 Å². The van der Waals surface area contributed by atoms with Crippen molar-refractivity contribution in [3.05, 3.63) is 35.4 Å². The van der Waals surface area contributed by atoms with Gasteiger partial charge >= 0.3 is 11.9 Å². The predicted molar refractivity (Wildman–Crippen MR) is 69.6 cm³/mol. The molecule has 102 valence electrons. The second-order valence-electron chi connectivity index (χ2n) is 4.99. The van der Waals surface area contributed by atoms with Gasteiger partial charge in [-0.15, -0.1) is 0 Å². The van der Waals surface area contributed by atoms with Gasteiger partial charge in [0.25, 0.3) is 0 Å². The Morgan fingerprint density at radius 3 is 2.16 bits per heavy atom. The first-order chi connectivity index (χ1) is 9.01. The summed E-state index contributed by atoms with van der Waals surface area (Å²) in [7, 11) is 0. The summed E-state index contributed by atoms with van der Waals surface area (Å²) < 4.78 is 10.5. The van der Waals surface area contributed by atoms with Crippen molar-refractivity contribution in [1.29, 1.82) is 0 Å². The first kappa shape index (κ1) is 13.6. The molecular formula is C15H18O4. The van der Waals surface area contributed by atoms with E-state index in [1.165, 1.54) is 25.0 Å². The summed E-state index contributed by atoms with van der Waals surface area (Å²) in [5.74, 6) is -0.607. The van der Waals surface area contributed by atoms with Gasteiger partial charge in [-0.1, -0.05) is 24.3 Å². The zero-order valence-electron chi connectivity index (χ0n) is 11.3. The number of hydrogen-bond donors (Lipinski definition) is 0. The molecule has 0 saturated heterocycles. The largest absolute Gasteiger partial charge is 0.466 e. The molecule has 1 aliphatic rings. The van der Waals surface area contributed by atoms with Crippen LogP contribution >= 0.6 is 0 Å². The van der Waals surface area contributed by atoms with Gasteiger partial charge in [-0.3, -0.25) is 9.59 Å². The number of ether oxygens (including phenoxy) is 2. The van der Waals surface area contributed by atoms with E-state index in [-0.39, 0.29) is 18.5 Å². The highest BCUT2D eigenvalue weighted by atomic mass is 16.6. The molecule has 19 heavy (non-hydrogen) atoms. The highest BCUT2D eigenvalue weighted by Crippen LogP contribution is 2.35. The van der Waals surface area contributed by atoms with Crippen molar-refractivity contribution < 1.29 is 19.1 Å². The van der Waals surface area contributed by atoms with Crippen molar-refractivity contribution in [1.82, 2.24) is 0 Å². The molecule has 1 aromatic carbocycles. The molecule has 0 spiro atoms. The van der Waals surface area contributed by atoms with Crippen LogP contribution < -0.4 is 0 Å². The van der Waals surface area contributed by atoms with E-state index in [0.29, 0.717) is 19.3 Å². The SMILES string of the molecule is CC(=O)OCCC1(OC(C)=O)Cc2ccccc2C1. The van der Waals surface area contributed by atoms with Crippen molar-refractivity contribution in [3.63, 3.8) is 0 Å². The normalized spacial score (nSPS) is 15.7. The third kappa shape index (κ3) is 3.34. The average molecular weight is 262 g/mol. The minimum Gasteiger partial charge on any atom is -0.466 e. The molecule has 0 aromatic heterocycles. The van der Waals surface area contributed by atoms with Crippen molar-refractivity contribution in [3.8, 4) is 0 Å². The van der Waals surface area contributed by atoms with Crippen molar-refractivity contribution in [2.24, 2.45) is 0 Å². The van der Waals surface area contributed by atoms with Crippen LogP contribution in [0.1, 0.15) is 31.4 Å². The van der Waals surface area contributed by atoms with Gasteiger partial charge in [-0.05, 0) is 11.1 Å². The summed E-state index contributed by atoms with van der Waals surface area (Å²) in [6.07, 6.45) is 1.90. The van der Waals surface area contributed by atoms with Crippen LogP contribution in [0.25, 0.3) is 0 Å². The molecule has 0 heterocycles. The van der Waals surface area contributed by atoms with Crippen LogP contribution in [0.3, 0.4) is 0 Å². The summed E-state index contributed by atoms with van der Waals surface area (Å²) >= 11 is 0. The van der Waals surface area contributed by atoms with Crippen LogP contribution in [0.4, 0.5) is 0 Å². The van der Waals surface area contributed by atoms with Crippen LogP contribution in [-0.4, -0.2) is 24.1 Å². The number of carbonyl (C=O) groups is 2. The highest BCUT2D eigenvalue weighted by molar-refractivity contribution is 5.67. The van der Waals surface area contributed by atoms with E-state index in [2.05, 4.69) is 0 Å². The third-order valence-electron chi connectivity index (χ3n) is 3.37. The van der Waals surface area contributed by atoms with Gasteiger partial charge in [0.2, 0.25) is 0 Å². The second-order valence-corrected chi connectivity index (χ2v) is 4.99. The summed E-state index contributed by atoms with van der Waals surface area (Å²) in [5, 5.41) is 0. The van der Waals surface area contributed by atoms with E-state index in [1.54, 1.807) is 0 Å². The maximum absolute atomic E-state index is 11.3. The molecule has 2 rings (SSSR count). The van der Waals surface area contributed by atoms with E-state index >= 15 is 0 Å². The van der Waals surface area contributed by atoms with Crippen LogP contribution in [0.5, 0.6) is 0 Å². The van der Waals surface area contributed by atoms with E-state index in [0.717, 1.165) is 0 Å². The number of esters is 2. The molecule has 1 aliphatic carbocycles. The van der Waals surface area contributed by atoms with Crippen LogP contribution in [0, 0.1) is 0 Å². The predicted octanol–water partition coefficient (Wildman–Crippen LogP) is 2.04. The van der Waals surface area contributed by atoms with Crippen LogP contribution in [-0.2, 0) is 31.9 Å². The van der Waals surface area contributed by atoms with Crippen LogP contribution in [0.2, 0.25) is 0 Å². The van der Waals surface area contributed by atoms with E-state index < -0.39 is 5.60 Å². The Bertz CT molecular complexity index is 468. The van der Waals surface area contributed by atoms with E-state index in [4.69, 9.17) is 9.47 Å².